The maximum Gasteiger partial charge on any atom is 0.246 e. The van der Waals surface area contributed by atoms with Gasteiger partial charge in [-0.3, -0.25) is 4.98 Å². The Morgan fingerprint density at radius 1 is 1.53 bits per heavy atom. The van der Waals surface area contributed by atoms with Crippen molar-refractivity contribution in [3.63, 3.8) is 0 Å². The monoisotopic (exact) mass is 283 g/mol. The van der Waals surface area contributed by atoms with Crippen LogP contribution in [0.1, 0.15) is 26.7 Å². The van der Waals surface area contributed by atoms with Crippen LogP contribution in [0, 0.1) is 5.92 Å². The van der Waals surface area contributed by atoms with Crippen molar-refractivity contribution in [1.29, 1.82) is 0 Å². The van der Waals surface area contributed by atoms with Crippen molar-refractivity contribution in [2.45, 2.75) is 31.6 Å². The van der Waals surface area contributed by atoms with Gasteiger partial charge in [-0.2, -0.15) is 4.31 Å². The minimum absolute atomic E-state index is 0.289. The van der Waals surface area contributed by atoms with E-state index >= 15 is 0 Å². The molecule has 1 aromatic rings. The van der Waals surface area contributed by atoms with E-state index in [2.05, 4.69) is 17.2 Å². The molecule has 0 aromatic carbocycles. The number of hydrogen-bond donors (Lipinski definition) is 1. The van der Waals surface area contributed by atoms with Crippen LogP contribution in [0.4, 0.5) is 5.69 Å². The molecule has 2 rings (SSSR count). The molecule has 106 valence electrons. The van der Waals surface area contributed by atoms with E-state index in [-0.39, 0.29) is 4.90 Å². The lowest BCUT2D eigenvalue weighted by Gasteiger charge is -2.18. The molecule has 19 heavy (non-hydrogen) atoms. The first-order chi connectivity index (χ1) is 9.05. The van der Waals surface area contributed by atoms with E-state index in [1.807, 2.05) is 6.92 Å². The van der Waals surface area contributed by atoms with Crippen molar-refractivity contribution in [3.8, 4) is 0 Å². The summed E-state index contributed by atoms with van der Waals surface area (Å²) in [6.45, 7) is 6.08. The third kappa shape index (κ3) is 3.06. The Labute approximate surface area is 115 Å². The molecule has 0 amide bonds. The highest BCUT2D eigenvalue weighted by molar-refractivity contribution is 7.89. The summed E-state index contributed by atoms with van der Waals surface area (Å²) < 4.78 is 26.8. The van der Waals surface area contributed by atoms with E-state index in [1.165, 1.54) is 6.20 Å². The lowest BCUT2D eigenvalue weighted by atomic mass is 10.2. The van der Waals surface area contributed by atoms with Crippen LogP contribution < -0.4 is 5.32 Å². The molecule has 0 radical (unpaired) electrons. The third-order valence-corrected chi connectivity index (χ3v) is 5.25. The predicted molar refractivity (Wildman–Crippen MR) is 75.6 cm³/mol. The molecule has 1 saturated heterocycles. The Bertz CT molecular complexity index is 530. The molecule has 0 spiro atoms. The van der Waals surface area contributed by atoms with Gasteiger partial charge < -0.3 is 5.32 Å². The maximum atomic E-state index is 12.6. The third-order valence-electron chi connectivity index (χ3n) is 3.35. The van der Waals surface area contributed by atoms with Crippen LogP contribution in [-0.2, 0) is 10.0 Å². The van der Waals surface area contributed by atoms with Gasteiger partial charge in [0.15, 0.2) is 0 Å². The second-order valence-corrected chi connectivity index (χ2v) is 6.96. The van der Waals surface area contributed by atoms with Crippen molar-refractivity contribution >= 4 is 15.7 Å². The SMILES string of the molecule is CCCNc1ccncc1S(=O)(=O)N1CCC(C)C1. The Morgan fingerprint density at radius 2 is 2.32 bits per heavy atom. The van der Waals surface area contributed by atoms with Gasteiger partial charge in [0.2, 0.25) is 10.0 Å². The van der Waals surface area contributed by atoms with E-state index < -0.39 is 10.0 Å². The lowest BCUT2D eigenvalue weighted by Crippen LogP contribution is -2.29. The molecule has 1 aliphatic rings. The van der Waals surface area contributed by atoms with E-state index in [0.717, 1.165) is 19.4 Å². The highest BCUT2D eigenvalue weighted by atomic mass is 32.2. The van der Waals surface area contributed by atoms with Crippen LogP contribution >= 0.6 is 0 Å². The molecule has 1 aromatic heterocycles. The summed E-state index contributed by atoms with van der Waals surface area (Å²) in [5.74, 6) is 0.429. The average Bonchev–Trinajstić information content (AvgIpc) is 2.84. The Balaban J connectivity index is 2.29. The standard InChI is InChI=1S/C13H21N3O2S/c1-3-6-15-12-4-7-14-9-13(12)19(17,18)16-8-5-11(2)10-16/h4,7,9,11H,3,5-6,8,10H2,1-2H3,(H,14,15). The van der Waals surface area contributed by atoms with Crippen molar-refractivity contribution in [3.05, 3.63) is 18.5 Å². The summed E-state index contributed by atoms with van der Waals surface area (Å²) in [6, 6.07) is 1.72. The lowest BCUT2D eigenvalue weighted by molar-refractivity contribution is 0.464. The van der Waals surface area contributed by atoms with Gasteiger partial charge in [-0.05, 0) is 24.8 Å². The van der Waals surface area contributed by atoms with Gasteiger partial charge in [-0.25, -0.2) is 8.42 Å². The van der Waals surface area contributed by atoms with Crippen LogP contribution in [0.25, 0.3) is 0 Å². The number of anilines is 1. The summed E-state index contributed by atoms with van der Waals surface area (Å²) in [5.41, 5.74) is 0.649. The minimum atomic E-state index is -3.42. The van der Waals surface area contributed by atoms with E-state index in [0.29, 0.717) is 24.7 Å². The fourth-order valence-corrected chi connectivity index (χ4v) is 3.93. The van der Waals surface area contributed by atoms with Gasteiger partial charge in [-0.15, -0.1) is 0 Å². The first-order valence-electron chi connectivity index (χ1n) is 6.73. The first-order valence-corrected chi connectivity index (χ1v) is 8.17. The fraction of sp³-hybridized carbons (Fsp3) is 0.615. The number of pyridine rings is 1. The maximum absolute atomic E-state index is 12.6. The summed E-state index contributed by atoms with van der Waals surface area (Å²) in [7, 11) is -3.42. The van der Waals surface area contributed by atoms with Gasteiger partial charge in [0.05, 0.1) is 5.69 Å². The number of nitrogens with zero attached hydrogens (tertiary/aromatic N) is 2. The summed E-state index contributed by atoms with van der Waals surface area (Å²) >= 11 is 0. The van der Waals surface area contributed by atoms with Crippen molar-refractivity contribution < 1.29 is 8.42 Å². The molecule has 0 bridgehead atoms. The minimum Gasteiger partial charge on any atom is -0.384 e. The Morgan fingerprint density at radius 3 is 2.95 bits per heavy atom. The van der Waals surface area contributed by atoms with E-state index in [1.54, 1.807) is 16.6 Å². The molecule has 1 N–H and O–H groups in total. The second kappa shape index (κ2) is 5.88. The highest BCUT2D eigenvalue weighted by Gasteiger charge is 2.32. The van der Waals surface area contributed by atoms with Crippen molar-refractivity contribution in [1.82, 2.24) is 9.29 Å². The topological polar surface area (TPSA) is 62.3 Å². The quantitative estimate of drug-likeness (QED) is 0.897. The predicted octanol–water partition coefficient (Wildman–Crippen LogP) is 1.93. The Kier molecular flexibility index (Phi) is 4.42. The zero-order chi connectivity index (χ0) is 13.9. The molecule has 0 saturated carbocycles. The van der Waals surface area contributed by atoms with Gasteiger partial charge in [0, 0.05) is 32.0 Å². The normalized spacial score (nSPS) is 20.6. The van der Waals surface area contributed by atoms with Gasteiger partial charge in [0.25, 0.3) is 0 Å². The Hall–Kier alpha value is -1.14. The fourth-order valence-electron chi connectivity index (χ4n) is 2.24. The van der Waals surface area contributed by atoms with Crippen LogP contribution in [-0.4, -0.2) is 37.3 Å². The molecule has 6 heteroatoms. The molecule has 1 unspecified atom stereocenters. The zero-order valence-corrected chi connectivity index (χ0v) is 12.3. The van der Waals surface area contributed by atoms with Crippen LogP contribution in [0.3, 0.4) is 0 Å². The number of sulfonamides is 1. The zero-order valence-electron chi connectivity index (χ0n) is 11.5. The number of hydrogen-bond acceptors (Lipinski definition) is 4. The van der Waals surface area contributed by atoms with Gasteiger partial charge in [0.1, 0.15) is 4.90 Å². The van der Waals surface area contributed by atoms with Crippen molar-refractivity contribution in [2.24, 2.45) is 5.92 Å². The smallest absolute Gasteiger partial charge is 0.246 e. The van der Waals surface area contributed by atoms with Crippen molar-refractivity contribution in [2.75, 3.05) is 25.0 Å². The number of rotatable bonds is 5. The first kappa shape index (κ1) is 14.3. The molecule has 2 heterocycles. The molecule has 1 fully saturated rings. The molecular weight excluding hydrogens is 262 g/mol. The summed E-state index contributed by atoms with van der Waals surface area (Å²) in [4.78, 5) is 4.25. The molecule has 0 aliphatic carbocycles. The number of nitrogens with one attached hydrogen (secondary N) is 1. The molecule has 5 nitrogen and oxygen atoms in total. The molecule has 1 aliphatic heterocycles. The van der Waals surface area contributed by atoms with Crippen LogP contribution in [0.5, 0.6) is 0 Å². The van der Waals surface area contributed by atoms with Crippen LogP contribution in [0.15, 0.2) is 23.4 Å². The summed E-state index contributed by atoms with van der Waals surface area (Å²) in [6.07, 6.45) is 4.93. The number of aromatic nitrogens is 1. The second-order valence-electron chi connectivity index (χ2n) is 5.06. The van der Waals surface area contributed by atoms with E-state index in [4.69, 9.17) is 0 Å². The van der Waals surface area contributed by atoms with Gasteiger partial charge >= 0.3 is 0 Å². The van der Waals surface area contributed by atoms with E-state index in [9.17, 15) is 8.42 Å². The van der Waals surface area contributed by atoms with Gasteiger partial charge in [-0.1, -0.05) is 13.8 Å². The molecule has 1 atom stereocenters. The average molecular weight is 283 g/mol. The van der Waals surface area contributed by atoms with Crippen LogP contribution in [0.2, 0.25) is 0 Å². The molecular formula is C13H21N3O2S. The highest BCUT2D eigenvalue weighted by Crippen LogP contribution is 2.27. The summed E-state index contributed by atoms with van der Waals surface area (Å²) in [5, 5.41) is 3.16. The largest absolute Gasteiger partial charge is 0.384 e.